The number of rotatable bonds is 1. The van der Waals surface area contributed by atoms with Crippen molar-refractivity contribution >= 4 is 27.3 Å². The van der Waals surface area contributed by atoms with Crippen molar-refractivity contribution in [2.75, 3.05) is 0 Å². The molecule has 1 aromatic heterocycles. The number of halogens is 1. The zero-order valence-electron chi connectivity index (χ0n) is 8.04. The Morgan fingerprint density at radius 3 is 2.64 bits per heavy atom. The Balaban J connectivity index is 2.54. The van der Waals surface area contributed by atoms with Gasteiger partial charge in [-0.2, -0.15) is 0 Å². The number of hydrogen-bond acceptors (Lipinski definition) is 2. The van der Waals surface area contributed by atoms with E-state index in [1.807, 2.05) is 19.1 Å². The monoisotopic (exact) mass is 267 g/mol. The molecule has 3 heteroatoms. The summed E-state index contributed by atoms with van der Waals surface area (Å²) in [4.78, 5) is 5.69. The van der Waals surface area contributed by atoms with Crippen LogP contribution in [0.2, 0.25) is 0 Å². The predicted molar refractivity (Wildman–Crippen MR) is 64.7 cm³/mol. The van der Waals surface area contributed by atoms with E-state index in [1.54, 1.807) is 11.3 Å². The number of benzene rings is 1. The van der Waals surface area contributed by atoms with E-state index in [2.05, 4.69) is 40.0 Å². The Kier molecular flexibility index (Phi) is 2.70. The van der Waals surface area contributed by atoms with E-state index >= 15 is 0 Å². The second kappa shape index (κ2) is 3.83. The van der Waals surface area contributed by atoms with Crippen LogP contribution in [0.5, 0.6) is 0 Å². The lowest BCUT2D eigenvalue weighted by Crippen LogP contribution is -1.77. The molecule has 0 aliphatic heterocycles. The molecule has 0 fully saturated rings. The van der Waals surface area contributed by atoms with Crippen LogP contribution in [0.1, 0.15) is 10.7 Å². The third kappa shape index (κ3) is 1.88. The second-order valence-electron chi connectivity index (χ2n) is 3.16. The third-order valence-corrected chi connectivity index (χ3v) is 3.61. The van der Waals surface area contributed by atoms with Gasteiger partial charge >= 0.3 is 0 Å². The first kappa shape index (κ1) is 9.87. The standard InChI is InChI=1S/C11H10BrNS/c1-7-11(14-8(2)13-7)9-4-3-5-10(12)6-9/h3-6H,1-2H3. The summed E-state index contributed by atoms with van der Waals surface area (Å²) < 4.78 is 1.11. The van der Waals surface area contributed by atoms with Gasteiger partial charge in [-0.1, -0.05) is 28.1 Å². The molecule has 0 bridgehead atoms. The topological polar surface area (TPSA) is 12.9 Å². The number of aromatic nitrogens is 1. The average Bonchev–Trinajstić information content (AvgIpc) is 2.45. The minimum Gasteiger partial charge on any atom is -0.246 e. The molecule has 0 aliphatic rings. The fourth-order valence-electron chi connectivity index (χ4n) is 1.43. The van der Waals surface area contributed by atoms with Crippen molar-refractivity contribution in [2.45, 2.75) is 13.8 Å². The van der Waals surface area contributed by atoms with Gasteiger partial charge < -0.3 is 0 Å². The van der Waals surface area contributed by atoms with Gasteiger partial charge in [-0.3, -0.25) is 0 Å². The molecule has 0 spiro atoms. The summed E-state index contributed by atoms with van der Waals surface area (Å²) in [6.07, 6.45) is 0. The molecule has 1 nitrogen and oxygen atoms in total. The van der Waals surface area contributed by atoms with E-state index in [4.69, 9.17) is 0 Å². The molecular formula is C11H10BrNS. The minimum atomic E-state index is 1.11. The van der Waals surface area contributed by atoms with Gasteiger partial charge in [0, 0.05) is 4.47 Å². The SMILES string of the molecule is Cc1nc(C)c(-c2cccc(Br)c2)s1. The van der Waals surface area contributed by atoms with Crippen LogP contribution in [-0.2, 0) is 0 Å². The Labute approximate surface area is 95.9 Å². The lowest BCUT2D eigenvalue weighted by Gasteiger charge is -1.98. The van der Waals surface area contributed by atoms with Crippen LogP contribution < -0.4 is 0 Å². The molecule has 0 unspecified atom stereocenters. The van der Waals surface area contributed by atoms with Crippen LogP contribution in [0.4, 0.5) is 0 Å². The highest BCUT2D eigenvalue weighted by molar-refractivity contribution is 9.10. The van der Waals surface area contributed by atoms with Crippen LogP contribution in [-0.4, -0.2) is 4.98 Å². The van der Waals surface area contributed by atoms with Gasteiger partial charge in [0.1, 0.15) is 0 Å². The number of aryl methyl sites for hydroxylation is 2. The van der Waals surface area contributed by atoms with Crippen molar-refractivity contribution < 1.29 is 0 Å². The van der Waals surface area contributed by atoms with Gasteiger partial charge in [0.05, 0.1) is 15.6 Å². The first-order valence-corrected chi connectivity index (χ1v) is 5.98. The fraction of sp³-hybridized carbons (Fsp3) is 0.182. The van der Waals surface area contributed by atoms with Crippen LogP contribution in [0.3, 0.4) is 0 Å². The maximum Gasteiger partial charge on any atom is 0.0903 e. The van der Waals surface area contributed by atoms with Crippen LogP contribution >= 0.6 is 27.3 Å². The lowest BCUT2D eigenvalue weighted by molar-refractivity contribution is 1.20. The van der Waals surface area contributed by atoms with Gasteiger partial charge in [0.2, 0.25) is 0 Å². The Hall–Kier alpha value is -0.670. The molecule has 1 heterocycles. The zero-order valence-corrected chi connectivity index (χ0v) is 10.4. The summed E-state index contributed by atoms with van der Waals surface area (Å²) in [6, 6.07) is 8.32. The normalized spacial score (nSPS) is 10.5. The van der Waals surface area contributed by atoms with Crippen LogP contribution in [0.25, 0.3) is 10.4 Å². The predicted octanol–water partition coefficient (Wildman–Crippen LogP) is 4.19. The third-order valence-electron chi connectivity index (χ3n) is 1.99. The van der Waals surface area contributed by atoms with Gasteiger partial charge in [-0.05, 0) is 31.5 Å². The van der Waals surface area contributed by atoms with Crippen LogP contribution in [0, 0.1) is 13.8 Å². The van der Waals surface area contributed by atoms with E-state index in [-0.39, 0.29) is 0 Å². The molecule has 0 atom stereocenters. The molecule has 1 aromatic carbocycles. The van der Waals surface area contributed by atoms with E-state index in [0.717, 1.165) is 15.2 Å². The zero-order chi connectivity index (χ0) is 10.1. The average molecular weight is 268 g/mol. The molecule has 2 rings (SSSR count). The Morgan fingerprint density at radius 2 is 2.07 bits per heavy atom. The highest BCUT2D eigenvalue weighted by atomic mass is 79.9. The number of nitrogens with zero attached hydrogens (tertiary/aromatic N) is 1. The van der Waals surface area contributed by atoms with Gasteiger partial charge in [0.25, 0.3) is 0 Å². The van der Waals surface area contributed by atoms with E-state index in [0.29, 0.717) is 0 Å². The van der Waals surface area contributed by atoms with Crippen molar-refractivity contribution in [3.63, 3.8) is 0 Å². The highest BCUT2D eigenvalue weighted by Crippen LogP contribution is 2.30. The second-order valence-corrected chi connectivity index (χ2v) is 5.28. The van der Waals surface area contributed by atoms with Crippen molar-refractivity contribution in [1.82, 2.24) is 4.98 Å². The first-order valence-electron chi connectivity index (χ1n) is 4.37. The molecule has 0 saturated heterocycles. The molecular weight excluding hydrogens is 258 g/mol. The summed E-state index contributed by atoms with van der Waals surface area (Å²) in [6.45, 7) is 4.10. The lowest BCUT2D eigenvalue weighted by atomic mass is 10.2. The molecule has 0 N–H and O–H groups in total. The first-order chi connectivity index (χ1) is 6.66. The largest absolute Gasteiger partial charge is 0.246 e. The summed E-state index contributed by atoms with van der Waals surface area (Å²) in [5, 5.41) is 1.12. The van der Waals surface area contributed by atoms with Crippen molar-refractivity contribution in [2.24, 2.45) is 0 Å². The van der Waals surface area contributed by atoms with Crippen molar-refractivity contribution in [3.05, 3.63) is 39.4 Å². The Bertz CT molecular complexity index is 462. The van der Waals surface area contributed by atoms with Crippen molar-refractivity contribution in [1.29, 1.82) is 0 Å². The smallest absolute Gasteiger partial charge is 0.0903 e. The van der Waals surface area contributed by atoms with E-state index < -0.39 is 0 Å². The van der Waals surface area contributed by atoms with Gasteiger partial charge in [0.15, 0.2) is 0 Å². The Morgan fingerprint density at radius 1 is 1.29 bits per heavy atom. The minimum absolute atomic E-state index is 1.11. The van der Waals surface area contributed by atoms with Crippen molar-refractivity contribution in [3.8, 4) is 10.4 Å². The summed E-state index contributed by atoms with van der Waals surface area (Å²) >= 11 is 5.22. The molecule has 0 saturated carbocycles. The van der Waals surface area contributed by atoms with E-state index in [9.17, 15) is 0 Å². The maximum atomic E-state index is 4.42. The number of thiazole rings is 1. The molecule has 14 heavy (non-hydrogen) atoms. The molecule has 0 aliphatic carbocycles. The maximum absolute atomic E-state index is 4.42. The van der Waals surface area contributed by atoms with Crippen LogP contribution in [0.15, 0.2) is 28.7 Å². The van der Waals surface area contributed by atoms with Gasteiger partial charge in [-0.15, -0.1) is 11.3 Å². The molecule has 2 aromatic rings. The number of hydrogen-bond donors (Lipinski definition) is 0. The highest BCUT2D eigenvalue weighted by Gasteiger charge is 2.06. The summed E-state index contributed by atoms with van der Waals surface area (Å²) in [5.41, 5.74) is 2.35. The summed E-state index contributed by atoms with van der Waals surface area (Å²) in [5.74, 6) is 0. The summed E-state index contributed by atoms with van der Waals surface area (Å²) in [7, 11) is 0. The molecule has 0 radical (unpaired) electrons. The van der Waals surface area contributed by atoms with E-state index in [1.165, 1.54) is 10.4 Å². The molecule has 0 amide bonds. The molecule has 72 valence electrons. The fourth-order valence-corrected chi connectivity index (χ4v) is 2.74. The quantitative estimate of drug-likeness (QED) is 0.755. The van der Waals surface area contributed by atoms with Gasteiger partial charge in [-0.25, -0.2) is 4.98 Å².